The summed E-state index contributed by atoms with van der Waals surface area (Å²) in [6.07, 6.45) is 6.24. The summed E-state index contributed by atoms with van der Waals surface area (Å²) in [4.78, 5) is 1.63. The van der Waals surface area contributed by atoms with Crippen LogP contribution >= 0.6 is 23.5 Å². The third-order valence-electron chi connectivity index (χ3n) is 2.58. The van der Waals surface area contributed by atoms with E-state index in [4.69, 9.17) is 0 Å². The van der Waals surface area contributed by atoms with Crippen LogP contribution in [0, 0.1) is 0 Å². The Morgan fingerprint density at radius 2 is 2.15 bits per heavy atom. The van der Waals surface area contributed by atoms with Gasteiger partial charge in [0.15, 0.2) is 0 Å². The molecule has 1 atom stereocenters. The van der Waals surface area contributed by atoms with Gasteiger partial charge in [0.1, 0.15) is 0 Å². The highest BCUT2D eigenvalue weighted by Gasteiger charge is 2.30. The molecular weight excluding hydrogens is 196 g/mol. The molecule has 0 bridgehead atoms. The van der Waals surface area contributed by atoms with Crippen LogP contribution in [0.2, 0.25) is 0 Å². The molecule has 1 fully saturated rings. The maximum atomic E-state index is 2.46. The second kappa shape index (κ2) is 5.35. The SMILES string of the molecule is CCC/C=C1\SCCSC1(C)CC. The summed E-state index contributed by atoms with van der Waals surface area (Å²) in [5, 5.41) is 0. The fourth-order valence-corrected chi connectivity index (χ4v) is 4.27. The number of thioether (sulfide) groups is 2. The van der Waals surface area contributed by atoms with E-state index in [2.05, 4.69) is 50.4 Å². The van der Waals surface area contributed by atoms with Crippen molar-refractivity contribution in [3.63, 3.8) is 0 Å². The average Bonchev–Trinajstić information content (AvgIpc) is 2.17. The minimum atomic E-state index is 0.429. The lowest BCUT2D eigenvalue weighted by atomic mass is 10.1. The van der Waals surface area contributed by atoms with E-state index in [1.165, 1.54) is 30.8 Å². The van der Waals surface area contributed by atoms with Gasteiger partial charge in [0.2, 0.25) is 0 Å². The summed E-state index contributed by atoms with van der Waals surface area (Å²) >= 11 is 4.21. The van der Waals surface area contributed by atoms with Crippen molar-refractivity contribution in [1.82, 2.24) is 0 Å². The zero-order valence-electron chi connectivity index (χ0n) is 8.93. The van der Waals surface area contributed by atoms with Crippen LogP contribution in [-0.2, 0) is 0 Å². The van der Waals surface area contributed by atoms with Crippen LogP contribution in [0.5, 0.6) is 0 Å². The fraction of sp³-hybridized carbons (Fsp3) is 0.818. The minimum absolute atomic E-state index is 0.429. The first-order valence-corrected chi connectivity index (χ1v) is 7.17. The Kier molecular flexibility index (Phi) is 4.74. The smallest absolute Gasteiger partial charge is 0.0434 e. The topological polar surface area (TPSA) is 0 Å². The van der Waals surface area contributed by atoms with Crippen molar-refractivity contribution in [2.75, 3.05) is 11.5 Å². The average molecular weight is 216 g/mol. The summed E-state index contributed by atoms with van der Waals surface area (Å²) in [5.74, 6) is 2.62. The highest BCUT2D eigenvalue weighted by molar-refractivity contribution is 8.09. The second-order valence-electron chi connectivity index (χ2n) is 3.64. The van der Waals surface area contributed by atoms with E-state index in [-0.39, 0.29) is 0 Å². The van der Waals surface area contributed by atoms with Gasteiger partial charge in [0.05, 0.1) is 0 Å². The number of hydrogen-bond acceptors (Lipinski definition) is 2. The standard InChI is InChI=1S/C11H20S2/c1-4-6-7-10-11(3,5-2)13-9-8-12-10/h7H,4-6,8-9H2,1-3H3/b10-7-. The quantitative estimate of drug-likeness (QED) is 0.689. The largest absolute Gasteiger partial charge is 0.149 e. The van der Waals surface area contributed by atoms with Gasteiger partial charge in [-0.3, -0.25) is 0 Å². The third kappa shape index (κ3) is 2.95. The first-order valence-electron chi connectivity index (χ1n) is 5.20. The monoisotopic (exact) mass is 216 g/mol. The molecule has 1 saturated heterocycles. The molecule has 1 aliphatic rings. The Hall–Kier alpha value is 0.440. The van der Waals surface area contributed by atoms with Crippen LogP contribution in [0.4, 0.5) is 0 Å². The van der Waals surface area contributed by atoms with Gasteiger partial charge in [0.25, 0.3) is 0 Å². The number of allylic oxidation sites excluding steroid dienone is 1. The van der Waals surface area contributed by atoms with Crippen molar-refractivity contribution in [2.24, 2.45) is 0 Å². The molecule has 13 heavy (non-hydrogen) atoms. The van der Waals surface area contributed by atoms with Gasteiger partial charge < -0.3 is 0 Å². The van der Waals surface area contributed by atoms with Crippen molar-refractivity contribution in [2.45, 2.75) is 44.8 Å². The zero-order chi connectivity index (χ0) is 9.73. The van der Waals surface area contributed by atoms with E-state index in [1.807, 2.05) is 0 Å². The molecule has 0 spiro atoms. The Balaban J connectivity index is 2.67. The van der Waals surface area contributed by atoms with Gasteiger partial charge in [-0.05, 0) is 24.7 Å². The predicted octanol–water partition coefficient (Wildman–Crippen LogP) is 4.32. The molecule has 0 N–H and O–H groups in total. The van der Waals surface area contributed by atoms with Crippen LogP contribution in [0.15, 0.2) is 11.0 Å². The minimum Gasteiger partial charge on any atom is -0.149 e. The van der Waals surface area contributed by atoms with Gasteiger partial charge >= 0.3 is 0 Å². The summed E-state index contributed by atoms with van der Waals surface area (Å²) in [7, 11) is 0. The lowest BCUT2D eigenvalue weighted by Crippen LogP contribution is -2.25. The van der Waals surface area contributed by atoms with Gasteiger partial charge in [0, 0.05) is 16.3 Å². The number of hydrogen-bond donors (Lipinski definition) is 0. The Bertz CT molecular complexity index is 187. The lowest BCUT2D eigenvalue weighted by molar-refractivity contribution is 0.736. The van der Waals surface area contributed by atoms with E-state index in [0.29, 0.717) is 4.75 Å². The molecule has 0 saturated carbocycles. The van der Waals surface area contributed by atoms with E-state index in [0.717, 1.165) is 0 Å². The highest BCUT2D eigenvalue weighted by atomic mass is 32.2. The van der Waals surface area contributed by atoms with Gasteiger partial charge in [-0.1, -0.05) is 26.3 Å². The Morgan fingerprint density at radius 3 is 2.77 bits per heavy atom. The molecule has 0 aromatic carbocycles. The number of rotatable bonds is 3. The van der Waals surface area contributed by atoms with E-state index in [1.54, 1.807) is 4.91 Å². The van der Waals surface area contributed by atoms with Crippen LogP contribution in [-0.4, -0.2) is 16.3 Å². The third-order valence-corrected chi connectivity index (χ3v) is 5.85. The fourth-order valence-electron chi connectivity index (χ4n) is 1.47. The lowest BCUT2D eigenvalue weighted by Gasteiger charge is -2.34. The summed E-state index contributed by atoms with van der Waals surface area (Å²) in [6.45, 7) is 6.95. The molecule has 1 aliphatic heterocycles. The van der Waals surface area contributed by atoms with E-state index < -0.39 is 0 Å². The van der Waals surface area contributed by atoms with E-state index in [9.17, 15) is 0 Å². The summed E-state index contributed by atoms with van der Waals surface area (Å²) in [5.41, 5.74) is 0. The molecule has 1 unspecified atom stereocenters. The van der Waals surface area contributed by atoms with Crippen molar-refractivity contribution >= 4 is 23.5 Å². The Morgan fingerprint density at radius 1 is 1.38 bits per heavy atom. The molecular formula is C11H20S2. The molecule has 1 rings (SSSR count). The maximum absolute atomic E-state index is 2.46. The highest BCUT2D eigenvalue weighted by Crippen LogP contribution is 2.46. The maximum Gasteiger partial charge on any atom is 0.0434 e. The summed E-state index contributed by atoms with van der Waals surface area (Å²) in [6, 6.07) is 0. The molecule has 0 aliphatic carbocycles. The molecule has 0 aromatic heterocycles. The first-order chi connectivity index (χ1) is 6.23. The number of unbranched alkanes of at least 4 members (excludes halogenated alkanes) is 1. The normalized spacial score (nSPS) is 32.4. The summed E-state index contributed by atoms with van der Waals surface area (Å²) < 4.78 is 0.429. The molecule has 0 aromatic rings. The molecule has 76 valence electrons. The molecule has 0 amide bonds. The van der Waals surface area contributed by atoms with Crippen LogP contribution in [0.1, 0.15) is 40.0 Å². The Labute approximate surface area is 90.9 Å². The van der Waals surface area contributed by atoms with Crippen LogP contribution in [0.25, 0.3) is 0 Å². The zero-order valence-corrected chi connectivity index (χ0v) is 10.6. The molecule has 0 nitrogen and oxygen atoms in total. The van der Waals surface area contributed by atoms with Gasteiger partial charge in [-0.15, -0.1) is 23.5 Å². The van der Waals surface area contributed by atoms with E-state index >= 15 is 0 Å². The van der Waals surface area contributed by atoms with Gasteiger partial charge in [-0.25, -0.2) is 0 Å². The van der Waals surface area contributed by atoms with Crippen LogP contribution < -0.4 is 0 Å². The van der Waals surface area contributed by atoms with Crippen LogP contribution in [0.3, 0.4) is 0 Å². The predicted molar refractivity (Wildman–Crippen MR) is 66.6 cm³/mol. The van der Waals surface area contributed by atoms with Crippen molar-refractivity contribution in [3.05, 3.63) is 11.0 Å². The molecule has 1 heterocycles. The van der Waals surface area contributed by atoms with Gasteiger partial charge in [-0.2, -0.15) is 0 Å². The first kappa shape index (κ1) is 11.5. The van der Waals surface area contributed by atoms with Crippen molar-refractivity contribution in [3.8, 4) is 0 Å². The molecule has 2 heteroatoms. The second-order valence-corrected chi connectivity index (χ2v) is 6.37. The van der Waals surface area contributed by atoms with Crippen molar-refractivity contribution < 1.29 is 0 Å². The molecule has 0 radical (unpaired) electrons. The van der Waals surface area contributed by atoms with Crippen molar-refractivity contribution in [1.29, 1.82) is 0 Å².